The van der Waals surface area contributed by atoms with Crippen LogP contribution >= 0.6 is 11.6 Å². The first-order valence-electron chi connectivity index (χ1n) is 7.29. The van der Waals surface area contributed by atoms with E-state index in [1.54, 1.807) is 18.2 Å². The minimum atomic E-state index is -1.85. The lowest BCUT2D eigenvalue weighted by Crippen LogP contribution is -2.41. The second-order valence-electron chi connectivity index (χ2n) is 5.78. The molecule has 0 aliphatic carbocycles. The SMILES string of the molecule is CC(=O)C[C@]1(O)C(=O)N(Cc2ccccc2)c2ccc(Cl)cc21. The lowest BCUT2D eigenvalue weighted by Gasteiger charge is -2.22. The third-order valence-corrected chi connectivity index (χ3v) is 4.22. The first-order chi connectivity index (χ1) is 10.9. The Balaban J connectivity index is 2.06. The molecule has 118 valence electrons. The molecule has 2 aromatic rings. The predicted octanol–water partition coefficient (Wildman–Crippen LogP) is 3.05. The molecule has 3 rings (SSSR count). The molecular weight excluding hydrogens is 314 g/mol. The second-order valence-corrected chi connectivity index (χ2v) is 6.21. The van der Waals surface area contributed by atoms with Crippen LogP contribution in [0.25, 0.3) is 0 Å². The smallest absolute Gasteiger partial charge is 0.264 e. The average molecular weight is 330 g/mol. The number of benzene rings is 2. The molecule has 0 spiro atoms. The summed E-state index contributed by atoms with van der Waals surface area (Å²) >= 11 is 6.02. The quantitative estimate of drug-likeness (QED) is 0.938. The van der Waals surface area contributed by atoms with Gasteiger partial charge >= 0.3 is 0 Å². The number of fused-ring (bicyclic) bond motifs is 1. The summed E-state index contributed by atoms with van der Waals surface area (Å²) < 4.78 is 0. The summed E-state index contributed by atoms with van der Waals surface area (Å²) in [5, 5.41) is 11.3. The third-order valence-electron chi connectivity index (χ3n) is 3.98. The van der Waals surface area contributed by atoms with Crippen molar-refractivity contribution < 1.29 is 14.7 Å². The molecule has 0 aromatic heterocycles. The molecule has 0 radical (unpaired) electrons. The van der Waals surface area contributed by atoms with Gasteiger partial charge in [-0.25, -0.2) is 0 Å². The zero-order valence-corrected chi connectivity index (χ0v) is 13.4. The molecule has 0 bridgehead atoms. The number of rotatable bonds is 4. The van der Waals surface area contributed by atoms with E-state index in [-0.39, 0.29) is 12.2 Å². The Morgan fingerprint density at radius 1 is 1.22 bits per heavy atom. The van der Waals surface area contributed by atoms with Crippen LogP contribution in [-0.2, 0) is 21.7 Å². The van der Waals surface area contributed by atoms with Gasteiger partial charge in [-0.15, -0.1) is 0 Å². The third kappa shape index (κ3) is 2.76. The molecule has 0 saturated heterocycles. The number of hydrogen-bond acceptors (Lipinski definition) is 3. The number of Topliss-reactive ketones (excluding diaryl/α,β-unsaturated/α-hetero) is 1. The number of aliphatic hydroxyl groups is 1. The summed E-state index contributed by atoms with van der Waals surface area (Å²) in [5.41, 5.74) is 0.0721. The largest absolute Gasteiger partial charge is 0.375 e. The number of ketones is 1. The lowest BCUT2D eigenvalue weighted by atomic mass is 9.90. The summed E-state index contributed by atoms with van der Waals surface area (Å²) in [4.78, 5) is 25.9. The normalized spacial score (nSPS) is 19.8. The number of anilines is 1. The predicted molar refractivity (Wildman–Crippen MR) is 88.3 cm³/mol. The van der Waals surface area contributed by atoms with E-state index < -0.39 is 11.5 Å². The highest BCUT2D eigenvalue weighted by atomic mass is 35.5. The summed E-state index contributed by atoms with van der Waals surface area (Å²) in [7, 11) is 0. The molecule has 0 saturated carbocycles. The number of amides is 1. The van der Waals surface area contributed by atoms with Crippen molar-refractivity contribution in [3.63, 3.8) is 0 Å². The van der Waals surface area contributed by atoms with Gasteiger partial charge in [0.15, 0.2) is 5.60 Å². The fraction of sp³-hybridized carbons (Fsp3) is 0.222. The van der Waals surface area contributed by atoms with Gasteiger partial charge in [-0.1, -0.05) is 41.9 Å². The van der Waals surface area contributed by atoms with Crippen LogP contribution in [-0.4, -0.2) is 16.8 Å². The van der Waals surface area contributed by atoms with Crippen LogP contribution in [0.1, 0.15) is 24.5 Å². The van der Waals surface area contributed by atoms with Crippen LogP contribution in [0, 0.1) is 0 Å². The van der Waals surface area contributed by atoms with Crippen LogP contribution in [0.15, 0.2) is 48.5 Å². The maximum absolute atomic E-state index is 12.8. The Morgan fingerprint density at radius 2 is 1.91 bits per heavy atom. The summed E-state index contributed by atoms with van der Waals surface area (Å²) in [6, 6.07) is 14.4. The Hall–Kier alpha value is -2.17. The van der Waals surface area contributed by atoms with E-state index in [4.69, 9.17) is 11.6 Å². The fourth-order valence-electron chi connectivity index (χ4n) is 2.98. The van der Waals surface area contributed by atoms with E-state index in [2.05, 4.69) is 0 Å². The van der Waals surface area contributed by atoms with Gasteiger partial charge in [0.1, 0.15) is 5.78 Å². The molecule has 0 fully saturated rings. The van der Waals surface area contributed by atoms with Gasteiger partial charge in [0, 0.05) is 17.0 Å². The Bertz CT molecular complexity index is 775. The van der Waals surface area contributed by atoms with Crippen LogP contribution < -0.4 is 4.90 Å². The van der Waals surface area contributed by atoms with Gasteiger partial charge in [-0.2, -0.15) is 0 Å². The molecule has 0 unspecified atom stereocenters. The van der Waals surface area contributed by atoms with Crippen molar-refractivity contribution in [2.45, 2.75) is 25.5 Å². The van der Waals surface area contributed by atoms with Crippen molar-refractivity contribution in [2.75, 3.05) is 4.90 Å². The van der Waals surface area contributed by atoms with Gasteiger partial charge in [-0.3, -0.25) is 9.59 Å². The standard InChI is InChI=1S/C18H16ClNO3/c1-12(21)10-18(23)15-9-14(19)7-8-16(15)20(17(18)22)11-13-5-3-2-4-6-13/h2-9,23H,10-11H2,1H3/t18-/m1/s1. The van der Waals surface area contributed by atoms with Gasteiger partial charge in [0.05, 0.1) is 12.2 Å². The minimum absolute atomic E-state index is 0.256. The van der Waals surface area contributed by atoms with Crippen molar-refractivity contribution in [3.05, 3.63) is 64.7 Å². The zero-order chi connectivity index (χ0) is 16.6. The van der Waals surface area contributed by atoms with E-state index in [1.807, 2.05) is 30.3 Å². The highest BCUT2D eigenvalue weighted by Crippen LogP contribution is 2.44. The summed E-state index contributed by atoms with van der Waals surface area (Å²) in [6.07, 6.45) is -0.259. The Kier molecular flexibility index (Phi) is 3.96. The maximum atomic E-state index is 12.8. The molecule has 1 amide bonds. The topological polar surface area (TPSA) is 57.6 Å². The van der Waals surface area contributed by atoms with Crippen molar-refractivity contribution in [3.8, 4) is 0 Å². The monoisotopic (exact) mass is 329 g/mol. The van der Waals surface area contributed by atoms with Crippen LogP contribution in [0.5, 0.6) is 0 Å². The van der Waals surface area contributed by atoms with E-state index >= 15 is 0 Å². The van der Waals surface area contributed by atoms with E-state index in [9.17, 15) is 14.7 Å². The molecule has 1 aliphatic heterocycles. The van der Waals surface area contributed by atoms with Gasteiger partial charge in [0.2, 0.25) is 0 Å². The van der Waals surface area contributed by atoms with Gasteiger partial charge in [0.25, 0.3) is 5.91 Å². The molecule has 1 atom stereocenters. The zero-order valence-electron chi connectivity index (χ0n) is 12.6. The van der Waals surface area contributed by atoms with Crippen LogP contribution in [0.4, 0.5) is 5.69 Å². The average Bonchev–Trinajstić information content (AvgIpc) is 2.70. The molecular formula is C18H16ClNO3. The molecule has 4 nitrogen and oxygen atoms in total. The molecule has 5 heteroatoms. The molecule has 1 aliphatic rings. The number of hydrogen-bond donors (Lipinski definition) is 1. The Morgan fingerprint density at radius 3 is 2.57 bits per heavy atom. The first-order valence-corrected chi connectivity index (χ1v) is 7.67. The van der Waals surface area contributed by atoms with Gasteiger partial charge in [-0.05, 0) is 30.7 Å². The number of nitrogens with zero attached hydrogens (tertiary/aromatic N) is 1. The fourth-order valence-corrected chi connectivity index (χ4v) is 3.15. The van der Waals surface area contributed by atoms with Crippen molar-refractivity contribution in [1.29, 1.82) is 0 Å². The van der Waals surface area contributed by atoms with Crippen molar-refractivity contribution >= 4 is 29.0 Å². The van der Waals surface area contributed by atoms with Gasteiger partial charge < -0.3 is 10.0 Å². The number of carbonyl (C=O) groups is 2. The maximum Gasteiger partial charge on any atom is 0.264 e. The van der Waals surface area contributed by atoms with Crippen LogP contribution in [0.3, 0.4) is 0 Å². The Labute approximate surface area is 139 Å². The highest BCUT2D eigenvalue weighted by Gasteiger charge is 2.50. The number of halogens is 1. The second kappa shape index (κ2) is 5.80. The summed E-state index contributed by atoms with van der Waals surface area (Å²) in [6.45, 7) is 1.68. The number of carbonyl (C=O) groups excluding carboxylic acids is 2. The van der Waals surface area contributed by atoms with Crippen molar-refractivity contribution in [1.82, 2.24) is 0 Å². The van der Waals surface area contributed by atoms with E-state index in [1.165, 1.54) is 11.8 Å². The van der Waals surface area contributed by atoms with Crippen molar-refractivity contribution in [2.24, 2.45) is 0 Å². The van der Waals surface area contributed by atoms with E-state index in [0.717, 1.165) is 5.56 Å². The molecule has 1 N–H and O–H groups in total. The molecule has 2 aromatic carbocycles. The highest BCUT2D eigenvalue weighted by molar-refractivity contribution is 6.31. The first kappa shape index (κ1) is 15.7. The summed E-state index contributed by atoms with van der Waals surface area (Å²) in [5.74, 6) is -0.748. The van der Waals surface area contributed by atoms with E-state index in [0.29, 0.717) is 22.8 Å². The van der Waals surface area contributed by atoms with Crippen LogP contribution in [0.2, 0.25) is 5.02 Å². The minimum Gasteiger partial charge on any atom is -0.375 e. The molecule has 23 heavy (non-hydrogen) atoms. The lowest BCUT2D eigenvalue weighted by molar-refractivity contribution is -0.141. The molecule has 1 heterocycles.